The van der Waals surface area contributed by atoms with E-state index in [0.717, 1.165) is 5.75 Å². The summed E-state index contributed by atoms with van der Waals surface area (Å²) in [4.78, 5) is 13.6. The number of para-hydroxylation sites is 1. The number of hydrogen-bond acceptors (Lipinski definition) is 4. The molecule has 0 radical (unpaired) electrons. The van der Waals surface area contributed by atoms with Crippen molar-refractivity contribution in [3.63, 3.8) is 0 Å². The van der Waals surface area contributed by atoms with Crippen LogP contribution < -0.4 is 14.2 Å². The molecule has 0 spiro atoms. The van der Waals surface area contributed by atoms with Crippen molar-refractivity contribution in [2.24, 2.45) is 0 Å². The van der Waals surface area contributed by atoms with Crippen LogP contribution in [0.2, 0.25) is 0 Å². The van der Waals surface area contributed by atoms with Crippen LogP contribution in [-0.2, 0) is 11.3 Å². The van der Waals surface area contributed by atoms with Gasteiger partial charge in [-0.3, -0.25) is 4.79 Å². The SMILES string of the molecule is COc1ccc(OCCCC(=O)N(C)Cc2ccccc2OC(F)(F)F)cc1. The molecule has 0 heterocycles. The van der Waals surface area contributed by atoms with E-state index in [2.05, 4.69) is 4.74 Å². The molecule has 0 aliphatic heterocycles. The lowest BCUT2D eigenvalue weighted by atomic mass is 10.2. The number of alkyl halides is 3. The number of hydrogen-bond donors (Lipinski definition) is 0. The van der Waals surface area contributed by atoms with Crippen LogP contribution in [0.1, 0.15) is 18.4 Å². The number of nitrogens with zero attached hydrogens (tertiary/aromatic N) is 1. The predicted molar refractivity (Wildman–Crippen MR) is 97.3 cm³/mol. The first-order valence-corrected chi connectivity index (χ1v) is 8.63. The Hall–Kier alpha value is -2.90. The lowest BCUT2D eigenvalue weighted by Crippen LogP contribution is -2.27. The third-order valence-electron chi connectivity index (χ3n) is 3.89. The summed E-state index contributed by atoms with van der Waals surface area (Å²) in [7, 11) is 3.11. The van der Waals surface area contributed by atoms with Crippen molar-refractivity contribution >= 4 is 5.91 Å². The Morgan fingerprint density at radius 1 is 1.04 bits per heavy atom. The van der Waals surface area contributed by atoms with Crippen molar-refractivity contribution < 1.29 is 32.2 Å². The highest BCUT2D eigenvalue weighted by molar-refractivity contribution is 5.75. The molecule has 0 saturated heterocycles. The number of amides is 1. The van der Waals surface area contributed by atoms with Crippen LogP contribution in [0.4, 0.5) is 13.2 Å². The van der Waals surface area contributed by atoms with Crippen molar-refractivity contribution in [3.05, 3.63) is 54.1 Å². The Bertz CT molecular complexity index is 763. The van der Waals surface area contributed by atoms with Crippen LogP contribution in [0, 0.1) is 0 Å². The first kappa shape index (κ1) is 21.4. The van der Waals surface area contributed by atoms with Gasteiger partial charge in [-0.2, -0.15) is 0 Å². The highest BCUT2D eigenvalue weighted by Crippen LogP contribution is 2.27. The van der Waals surface area contributed by atoms with Crippen LogP contribution in [0.15, 0.2) is 48.5 Å². The van der Waals surface area contributed by atoms with Crippen LogP contribution in [0.3, 0.4) is 0 Å². The molecule has 0 fully saturated rings. The first-order valence-electron chi connectivity index (χ1n) is 8.63. The van der Waals surface area contributed by atoms with E-state index in [9.17, 15) is 18.0 Å². The molecule has 152 valence electrons. The molecular weight excluding hydrogens is 375 g/mol. The summed E-state index contributed by atoms with van der Waals surface area (Å²) in [5, 5.41) is 0. The number of ether oxygens (including phenoxy) is 3. The summed E-state index contributed by atoms with van der Waals surface area (Å²) in [5.41, 5.74) is 0.283. The second-order valence-electron chi connectivity index (χ2n) is 6.03. The van der Waals surface area contributed by atoms with Crippen molar-refractivity contribution in [1.29, 1.82) is 0 Å². The highest BCUT2D eigenvalue weighted by atomic mass is 19.4. The maximum atomic E-state index is 12.5. The van der Waals surface area contributed by atoms with Gasteiger partial charge in [-0.15, -0.1) is 13.2 Å². The van der Waals surface area contributed by atoms with Crippen LogP contribution in [-0.4, -0.2) is 37.9 Å². The van der Waals surface area contributed by atoms with Gasteiger partial charge in [-0.25, -0.2) is 0 Å². The zero-order valence-corrected chi connectivity index (χ0v) is 15.7. The molecule has 0 aliphatic carbocycles. The number of methoxy groups -OCH3 is 1. The van der Waals surface area contributed by atoms with Gasteiger partial charge in [0.1, 0.15) is 17.2 Å². The fourth-order valence-electron chi connectivity index (χ4n) is 2.48. The Labute approximate surface area is 161 Å². The summed E-state index contributed by atoms with van der Waals surface area (Å²) in [5.74, 6) is 0.886. The first-order chi connectivity index (χ1) is 13.3. The van der Waals surface area contributed by atoms with Gasteiger partial charge in [-0.1, -0.05) is 18.2 Å². The molecule has 0 N–H and O–H groups in total. The normalized spacial score (nSPS) is 11.0. The molecule has 0 bridgehead atoms. The average Bonchev–Trinajstić information content (AvgIpc) is 2.66. The zero-order valence-electron chi connectivity index (χ0n) is 15.7. The van der Waals surface area contributed by atoms with E-state index in [0.29, 0.717) is 18.8 Å². The van der Waals surface area contributed by atoms with Gasteiger partial charge in [0.25, 0.3) is 0 Å². The van der Waals surface area contributed by atoms with Gasteiger partial charge in [0.05, 0.1) is 13.7 Å². The van der Waals surface area contributed by atoms with E-state index < -0.39 is 6.36 Å². The third-order valence-corrected chi connectivity index (χ3v) is 3.89. The molecular formula is C20H22F3NO4. The molecule has 8 heteroatoms. The Kier molecular flexibility index (Phi) is 7.54. The molecule has 2 aromatic rings. The minimum absolute atomic E-state index is 0.0183. The molecule has 0 aromatic heterocycles. The monoisotopic (exact) mass is 397 g/mol. The number of rotatable bonds is 9. The summed E-state index contributed by atoms with van der Waals surface area (Å²) in [6, 6.07) is 12.8. The summed E-state index contributed by atoms with van der Waals surface area (Å²) >= 11 is 0. The summed E-state index contributed by atoms with van der Waals surface area (Å²) in [6.45, 7) is 0.365. The second kappa shape index (κ2) is 9.87. The van der Waals surface area contributed by atoms with E-state index >= 15 is 0 Å². The Morgan fingerprint density at radius 3 is 2.32 bits per heavy atom. The Morgan fingerprint density at radius 2 is 1.68 bits per heavy atom. The van der Waals surface area contributed by atoms with E-state index in [-0.39, 0.29) is 30.2 Å². The lowest BCUT2D eigenvalue weighted by molar-refractivity contribution is -0.275. The van der Waals surface area contributed by atoms with Gasteiger partial charge in [0.15, 0.2) is 0 Å². The molecule has 1 amide bonds. The maximum absolute atomic E-state index is 12.5. The largest absolute Gasteiger partial charge is 0.573 e. The highest BCUT2D eigenvalue weighted by Gasteiger charge is 2.32. The minimum Gasteiger partial charge on any atom is -0.497 e. The standard InChI is InChI=1S/C20H22F3NO4/c1-24(14-15-6-3-4-7-18(15)28-20(21,22)23)19(25)8-5-13-27-17-11-9-16(26-2)10-12-17/h3-4,6-7,9-12H,5,8,13-14H2,1-2H3. The summed E-state index contributed by atoms with van der Waals surface area (Å²) in [6.07, 6.45) is -4.08. The molecule has 0 atom stereocenters. The van der Waals surface area contributed by atoms with Gasteiger partial charge in [0.2, 0.25) is 5.91 Å². The van der Waals surface area contributed by atoms with E-state index in [1.807, 2.05) is 0 Å². The van der Waals surface area contributed by atoms with Crippen LogP contribution in [0.25, 0.3) is 0 Å². The van der Waals surface area contributed by atoms with Crippen molar-refractivity contribution in [1.82, 2.24) is 4.90 Å². The quantitative estimate of drug-likeness (QED) is 0.588. The van der Waals surface area contributed by atoms with Crippen LogP contribution >= 0.6 is 0 Å². The van der Waals surface area contributed by atoms with Gasteiger partial charge in [-0.05, 0) is 36.8 Å². The van der Waals surface area contributed by atoms with Crippen molar-refractivity contribution in [2.75, 3.05) is 20.8 Å². The summed E-state index contributed by atoms with van der Waals surface area (Å²) < 4.78 is 52.1. The minimum atomic E-state index is -4.78. The second-order valence-corrected chi connectivity index (χ2v) is 6.03. The van der Waals surface area contributed by atoms with Gasteiger partial charge < -0.3 is 19.1 Å². The molecule has 2 rings (SSSR count). The third kappa shape index (κ3) is 7.02. The average molecular weight is 397 g/mol. The van der Waals surface area contributed by atoms with E-state index in [1.54, 1.807) is 37.4 Å². The van der Waals surface area contributed by atoms with E-state index in [1.165, 1.54) is 30.1 Å². The predicted octanol–water partition coefficient (Wildman–Crippen LogP) is 4.41. The molecule has 0 saturated carbocycles. The van der Waals surface area contributed by atoms with Crippen molar-refractivity contribution in [2.45, 2.75) is 25.7 Å². The molecule has 0 aliphatic rings. The number of halogens is 3. The number of carbonyl (C=O) groups is 1. The van der Waals surface area contributed by atoms with E-state index in [4.69, 9.17) is 9.47 Å². The lowest BCUT2D eigenvalue weighted by Gasteiger charge is -2.20. The molecule has 2 aromatic carbocycles. The molecule has 5 nitrogen and oxygen atoms in total. The molecule has 28 heavy (non-hydrogen) atoms. The number of benzene rings is 2. The smallest absolute Gasteiger partial charge is 0.497 e. The Balaban J connectivity index is 1.80. The fourth-order valence-corrected chi connectivity index (χ4v) is 2.48. The van der Waals surface area contributed by atoms with Gasteiger partial charge >= 0.3 is 6.36 Å². The topological polar surface area (TPSA) is 48.0 Å². The zero-order chi connectivity index (χ0) is 20.6. The fraction of sp³-hybridized carbons (Fsp3) is 0.350. The maximum Gasteiger partial charge on any atom is 0.573 e. The van der Waals surface area contributed by atoms with Gasteiger partial charge in [0, 0.05) is 25.6 Å². The van der Waals surface area contributed by atoms with Crippen LogP contribution in [0.5, 0.6) is 17.2 Å². The van der Waals surface area contributed by atoms with Crippen molar-refractivity contribution in [3.8, 4) is 17.2 Å². The molecule has 0 unspecified atom stereocenters. The number of carbonyl (C=O) groups excluding carboxylic acids is 1.